The molecular weight excluding hydrogens is 234 g/mol. The molecule has 1 amide bonds. The summed E-state index contributed by atoms with van der Waals surface area (Å²) in [6.07, 6.45) is 1.35. The molecule has 0 bridgehead atoms. The summed E-state index contributed by atoms with van der Waals surface area (Å²) in [6.45, 7) is 0.305. The molecule has 0 atom stereocenters. The highest BCUT2D eigenvalue weighted by atomic mass is 16.5. The van der Waals surface area contributed by atoms with Gasteiger partial charge in [0.15, 0.2) is 5.69 Å². The number of amides is 1. The number of hydrogen-bond acceptors (Lipinski definition) is 5. The van der Waals surface area contributed by atoms with Gasteiger partial charge in [-0.15, -0.1) is 0 Å². The van der Waals surface area contributed by atoms with Crippen molar-refractivity contribution in [1.29, 1.82) is 0 Å². The summed E-state index contributed by atoms with van der Waals surface area (Å²) in [6, 6.07) is 5.25. The fourth-order valence-electron chi connectivity index (χ4n) is 1.51. The standard InChI is InChI=1S/C11H13N5O2/c1-18-10-3-2-8(12)4-7(10)5-13-11(17)9-6-14-16-15-9/h2-4,6H,5,12H2,1H3,(H,13,17)(H,14,15,16). The monoisotopic (exact) mass is 247 g/mol. The summed E-state index contributed by atoms with van der Waals surface area (Å²) >= 11 is 0. The lowest BCUT2D eigenvalue weighted by Gasteiger charge is -2.09. The van der Waals surface area contributed by atoms with Crippen molar-refractivity contribution in [3.05, 3.63) is 35.7 Å². The molecule has 0 aliphatic heterocycles. The van der Waals surface area contributed by atoms with Gasteiger partial charge in [0.2, 0.25) is 0 Å². The zero-order chi connectivity index (χ0) is 13.0. The highest BCUT2D eigenvalue weighted by Crippen LogP contribution is 2.20. The first kappa shape index (κ1) is 11.9. The van der Waals surface area contributed by atoms with E-state index in [9.17, 15) is 4.79 Å². The van der Waals surface area contributed by atoms with Crippen LogP contribution in [0.15, 0.2) is 24.4 Å². The van der Waals surface area contributed by atoms with Crippen molar-refractivity contribution in [1.82, 2.24) is 20.7 Å². The average Bonchev–Trinajstić information content (AvgIpc) is 2.90. The normalized spacial score (nSPS) is 10.1. The van der Waals surface area contributed by atoms with Gasteiger partial charge in [0, 0.05) is 17.8 Å². The molecular formula is C11H13N5O2. The second-order valence-electron chi connectivity index (χ2n) is 3.61. The van der Waals surface area contributed by atoms with Crippen LogP contribution in [0.25, 0.3) is 0 Å². The number of aromatic amines is 1. The molecule has 0 spiro atoms. The van der Waals surface area contributed by atoms with Gasteiger partial charge in [0.1, 0.15) is 5.75 Å². The Kier molecular flexibility index (Phi) is 3.42. The van der Waals surface area contributed by atoms with E-state index in [-0.39, 0.29) is 11.6 Å². The van der Waals surface area contributed by atoms with E-state index in [0.717, 1.165) is 5.56 Å². The third kappa shape index (κ3) is 2.57. The number of nitrogens with zero attached hydrogens (tertiary/aromatic N) is 2. The van der Waals surface area contributed by atoms with Crippen LogP contribution in [-0.2, 0) is 6.54 Å². The van der Waals surface area contributed by atoms with E-state index >= 15 is 0 Å². The Morgan fingerprint density at radius 3 is 3.06 bits per heavy atom. The molecule has 7 heteroatoms. The molecule has 0 aliphatic rings. The van der Waals surface area contributed by atoms with Crippen molar-refractivity contribution in [2.24, 2.45) is 0 Å². The van der Waals surface area contributed by atoms with Crippen molar-refractivity contribution in [3.8, 4) is 5.75 Å². The lowest BCUT2D eigenvalue weighted by molar-refractivity contribution is 0.0945. The number of H-pyrrole nitrogens is 1. The Balaban J connectivity index is 2.06. The second-order valence-corrected chi connectivity index (χ2v) is 3.61. The van der Waals surface area contributed by atoms with Crippen molar-refractivity contribution in [2.75, 3.05) is 12.8 Å². The first-order valence-corrected chi connectivity index (χ1v) is 5.27. The van der Waals surface area contributed by atoms with Gasteiger partial charge in [-0.25, -0.2) is 0 Å². The summed E-state index contributed by atoms with van der Waals surface area (Å²) in [7, 11) is 1.56. The van der Waals surface area contributed by atoms with Crippen LogP contribution in [0, 0.1) is 0 Å². The predicted molar refractivity (Wildman–Crippen MR) is 65.0 cm³/mol. The number of hydrogen-bond donors (Lipinski definition) is 3. The van der Waals surface area contributed by atoms with Crippen LogP contribution >= 0.6 is 0 Å². The molecule has 2 rings (SSSR count). The van der Waals surface area contributed by atoms with Crippen LogP contribution < -0.4 is 15.8 Å². The molecule has 1 aromatic carbocycles. The molecule has 0 unspecified atom stereocenters. The molecule has 18 heavy (non-hydrogen) atoms. The first-order chi connectivity index (χ1) is 8.70. The lowest BCUT2D eigenvalue weighted by atomic mass is 10.1. The van der Waals surface area contributed by atoms with Gasteiger partial charge in [-0.1, -0.05) is 0 Å². The van der Waals surface area contributed by atoms with Crippen LogP contribution in [-0.4, -0.2) is 28.4 Å². The number of nitrogen functional groups attached to an aromatic ring is 1. The maximum Gasteiger partial charge on any atom is 0.273 e. The third-order valence-corrected chi connectivity index (χ3v) is 2.39. The molecule has 1 heterocycles. The summed E-state index contributed by atoms with van der Waals surface area (Å²) in [5, 5.41) is 12.3. The number of anilines is 1. The van der Waals surface area contributed by atoms with Gasteiger partial charge in [-0.2, -0.15) is 15.4 Å². The maximum atomic E-state index is 11.7. The van der Waals surface area contributed by atoms with E-state index < -0.39 is 0 Å². The summed E-state index contributed by atoms with van der Waals surface area (Å²) in [4.78, 5) is 11.7. The van der Waals surface area contributed by atoms with Gasteiger partial charge >= 0.3 is 0 Å². The van der Waals surface area contributed by atoms with Crippen LogP contribution in [0.2, 0.25) is 0 Å². The van der Waals surface area contributed by atoms with Crippen molar-refractivity contribution in [3.63, 3.8) is 0 Å². The topological polar surface area (TPSA) is 106 Å². The van der Waals surface area contributed by atoms with E-state index in [0.29, 0.717) is 18.0 Å². The minimum atomic E-state index is -0.312. The molecule has 0 saturated carbocycles. The number of carbonyl (C=O) groups is 1. The molecule has 4 N–H and O–H groups in total. The van der Waals surface area contributed by atoms with E-state index in [1.165, 1.54) is 6.20 Å². The Hall–Kier alpha value is -2.57. The number of benzene rings is 1. The molecule has 0 radical (unpaired) electrons. The Morgan fingerprint density at radius 1 is 1.56 bits per heavy atom. The van der Waals surface area contributed by atoms with Gasteiger partial charge in [-0.3, -0.25) is 4.79 Å². The number of nitrogens with two attached hydrogens (primary N) is 1. The SMILES string of the molecule is COc1ccc(N)cc1CNC(=O)c1cn[nH]n1. The Labute approximate surface area is 103 Å². The summed E-state index contributed by atoms with van der Waals surface area (Å²) in [5.41, 5.74) is 7.33. The highest BCUT2D eigenvalue weighted by Gasteiger charge is 2.10. The summed E-state index contributed by atoms with van der Waals surface area (Å²) < 4.78 is 5.18. The number of carbonyl (C=O) groups excluding carboxylic acids is 1. The summed E-state index contributed by atoms with van der Waals surface area (Å²) in [5.74, 6) is 0.359. The van der Waals surface area contributed by atoms with E-state index in [1.54, 1.807) is 25.3 Å². The Morgan fingerprint density at radius 2 is 2.39 bits per heavy atom. The van der Waals surface area contributed by atoms with E-state index in [2.05, 4.69) is 20.7 Å². The van der Waals surface area contributed by atoms with Gasteiger partial charge in [0.05, 0.1) is 13.3 Å². The van der Waals surface area contributed by atoms with Crippen LogP contribution in [0.1, 0.15) is 16.1 Å². The molecule has 7 nitrogen and oxygen atoms in total. The predicted octanol–water partition coefficient (Wildman–Crippen LogP) is 0.325. The minimum absolute atomic E-state index is 0.234. The zero-order valence-corrected chi connectivity index (χ0v) is 9.80. The quantitative estimate of drug-likeness (QED) is 0.675. The third-order valence-electron chi connectivity index (χ3n) is 2.39. The van der Waals surface area contributed by atoms with Crippen molar-refractivity contribution in [2.45, 2.75) is 6.54 Å². The first-order valence-electron chi connectivity index (χ1n) is 5.27. The van der Waals surface area contributed by atoms with E-state index in [1.807, 2.05) is 0 Å². The number of nitrogens with one attached hydrogen (secondary N) is 2. The molecule has 0 aliphatic carbocycles. The number of methoxy groups -OCH3 is 1. The number of ether oxygens (including phenoxy) is 1. The number of rotatable bonds is 4. The van der Waals surface area contributed by atoms with Crippen LogP contribution in [0.3, 0.4) is 0 Å². The van der Waals surface area contributed by atoms with Crippen molar-refractivity contribution < 1.29 is 9.53 Å². The second kappa shape index (κ2) is 5.17. The van der Waals surface area contributed by atoms with Crippen LogP contribution in [0.5, 0.6) is 5.75 Å². The molecule has 94 valence electrons. The Bertz CT molecular complexity index is 538. The smallest absolute Gasteiger partial charge is 0.273 e. The zero-order valence-electron chi connectivity index (χ0n) is 9.80. The van der Waals surface area contributed by atoms with Gasteiger partial charge in [-0.05, 0) is 18.2 Å². The average molecular weight is 247 g/mol. The maximum absolute atomic E-state index is 11.7. The lowest BCUT2D eigenvalue weighted by Crippen LogP contribution is -2.23. The molecule has 0 saturated heterocycles. The van der Waals surface area contributed by atoms with Gasteiger partial charge in [0.25, 0.3) is 5.91 Å². The minimum Gasteiger partial charge on any atom is -0.496 e. The van der Waals surface area contributed by atoms with Crippen molar-refractivity contribution >= 4 is 11.6 Å². The van der Waals surface area contributed by atoms with Gasteiger partial charge < -0.3 is 15.8 Å². The van der Waals surface area contributed by atoms with E-state index in [4.69, 9.17) is 10.5 Å². The highest BCUT2D eigenvalue weighted by molar-refractivity contribution is 5.91. The molecule has 2 aromatic rings. The number of aromatic nitrogens is 3. The van der Waals surface area contributed by atoms with Crippen LogP contribution in [0.4, 0.5) is 5.69 Å². The molecule has 0 fully saturated rings. The fraction of sp³-hybridized carbons (Fsp3) is 0.182. The molecule has 1 aromatic heterocycles. The largest absolute Gasteiger partial charge is 0.496 e. The fourth-order valence-corrected chi connectivity index (χ4v) is 1.51.